The second-order valence-electron chi connectivity index (χ2n) is 6.68. The summed E-state index contributed by atoms with van der Waals surface area (Å²) in [6, 6.07) is 11.4. The lowest BCUT2D eigenvalue weighted by atomic mass is 10.1. The summed E-state index contributed by atoms with van der Waals surface area (Å²) < 4.78 is 44.5. The number of carbonyl (C=O) groups excluding carboxylic acids is 2. The van der Waals surface area contributed by atoms with Gasteiger partial charge in [0, 0.05) is 26.2 Å². The van der Waals surface area contributed by atoms with Gasteiger partial charge in [-0.05, 0) is 43.3 Å². The third-order valence-corrected chi connectivity index (χ3v) is 6.57. The maximum atomic E-state index is 13.0. The molecule has 0 atom stereocenters. The zero-order valence-corrected chi connectivity index (χ0v) is 16.7. The standard InChI is InChI=1S/C20H21FN2O5S/c1-15-2-4-16(5-3-15)20(25)28-14-19(24)22-10-12-23(13-11-22)29(26,27)18-8-6-17(21)7-9-18/h2-9H,10-14H2,1H3. The lowest BCUT2D eigenvalue weighted by molar-refractivity contribution is -0.135. The quantitative estimate of drug-likeness (QED) is 0.689. The number of ether oxygens (including phenoxy) is 1. The maximum absolute atomic E-state index is 13.0. The molecule has 0 aliphatic carbocycles. The molecule has 154 valence electrons. The van der Waals surface area contributed by atoms with Gasteiger partial charge in [0.1, 0.15) is 5.82 Å². The van der Waals surface area contributed by atoms with Crippen molar-refractivity contribution in [3.8, 4) is 0 Å². The van der Waals surface area contributed by atoms with Crippen molar-refractivity contribution in [3.63, 3.8) is 0 Å². The van der Waals surface area contributed by atoms with Gasteiger partial charge in [0.05, 0.1) is 10.5 Å². The van der Waals surface area contributed by atoms with E-state index in [-0.39, 0.29) is 37.0 Å². The molecular weight excluding hydrogens is 399 g/mol. The SMILES string of the molecule is Cc1ccc(C(=O)OCC(=O)N2CCN(S(=O)(=O)c3ccc(F)cc3)CC2)cc1. The van der Waals surface area contributed by atoms with Crippen LogP contribution < -0.4 is 0 Å². The highest BCUT2D eigenvalue weighted by Crippen LogP contribution is 2.18. The zero-order chi connectivity index (χ0) is 21.0. The summed E-state index contributed by atoms with van der Waals surface area (Å²) in [5.41, 5.74) is 1.37. The molecular formula is C20H21FN2O5S. The van der Waals surface area contributed by atoms with Crippen LogP contribution >= 0.6 is 0 Å². The first-order valence-electron chi connectivity index (χ1n) is 9.04. The highest BCUT2D eigenvalue weighted by atomic mass is 32.2. The number of halogens is 1. The van der Waals surface area contributed by atoms with E-state index in [4.69, 9.17) is 4.74 Å². The second kappa shape index (κ2) is 8.71. The van der Waals surface area contributed by atoms with Crippen molar-refractivity contribution in [2.75, 3.05) is 32.8 Å². The molecule has 0 N–H and O–H groups in total. The topological polar surface area (TPSA) is 84.0 Å². The average molecular weight is 420 g/mol. The Morgan fingerprint density at radius 3 is 2.14 bits per heavy atom. The molecule has 7 nitrogen and oxygen atoms in total. The smallest absolute Gasteiger partial charge is 0.338 e. The molecule has 1 aliphatic rings. The van der Waals surface area contributed by atoms with E-state index in [9.17, 15) is 22.4 Å². The van der Waals surface area contributed by atoms with Crippen molar-refractivity contribution < 1.29 is 27.1 Å². The Morgan fingerprint density at radius 2 is 1.55 bits per heavy atom. The molecule has 1 heterocycles. The Bertz CT molecular complexity index is 983. The molecule has 1 amide bonds. The van der Waals surface area contributed by atoms with Gasteiger partial charge in [-0.1, -0.05) is 17.7 Å². The summed E-state index contributed by atoms with van der Waals surface area (Å²) in [4.78, 5) is 25.8. The van der Waals surface area contributed by atoms with E-state index >= 15 is 0 Å². The molecule has 0 aromatic heterocycles. The zero-order valence-electron chi connectivity index (χ0n) is 15.9. The lowest BCUT2D eigenvalue weighted by Crippen LogP contribution is -2.51. The summed E-state index contributed by atoms with van der Waals surface area (Å²) in [7, 11) is -3.75. The van der Waals surface area contributed by atoms with E-state index < -0.39 is 28.4 Å². The van der Waals surface area contributed by atoms with E-state index in [2.05, 4.69) is 0 Å². The second-order valence-corrected chi connectivity index (χ2v) is 8.62. The minimum absolute atomic E-state index is 0.00528. The van der Waals surface area contributed by atoms with E-state index in [1.54, 1.807) is 24.3 Å². The summed E-state index contributed by atoms with van der Waals surface area (Å²) in [6.07, 6.45) is 0. The predicted molar refractivity (Wildman–Crippen MR) is 103 cm³/mol. The molecule has 1 aliphatic heterocycles. The Balaban J connectivity index is 1.52. The van der Waals surface area contributed by atoms with Gasteiger partial charge in [-0.3, -0.25) is 4.79 Å². The number of aryl methyl sites for hydroxylation is 1. The van der Waals surface area contributed by atoms with Crippen LogP contribution in [-0.2, 0) is 19.6 Å². The third kappa shape index (κ3) is 4.99. The van der Waals surface area contributed by atoms with Gasteiger partial charge in [-0.25, -0.2) is 17.6 Å². The number of nitrogens with zero attached hydrogens (tertiary/aromatic N) is 2. The summed E-state index contributed by atoms with van der Waals surface area (Å²) >= 11 is 0. The third-order valence-electron chi connectivity index (χ3n) is 4.66. The number of amides is 1. The molecule has 2 aromatic rings. The molecule has 0 saturated carbocycles. The summed E-state index contributed by atoms with van der Waals surface area (Å²) in [5.74, 6) is -1.49. The fourth-order valence-corrected chi connectivity index (χ4v) is 4.35. The number of hydrogen-bond donors (Lipinski definition) is 0. The van der Waals surface area contributed by atoms with Crippen LogP contribution in [0.15, 0.2) is 53.4 Å². The first-order valence-corrected chi connectivity index (χ1v) is 10.5. The van der Waals surface area contributed by atoms with Crippen LogP contribution in [0.3, 0.4) is 0 Å². The summed E-state index contributed by atoms with van der Waals surface area (Å²) in [6.45, 7) is 2.07. The Kier molecular flexibility index (Phi) is 6.29. The van der Waals surface area contributed by atoms with Gasteiger partial charge >= 0.3 is 5.97 Å². The van der Waals surface area contributed by atoms with Gasteiger partial charge in [0.2, 0.25) is 10.0 Å². The first kappa shape index (κ1) is 20.9. The van der Waals surface area contributed by atoms with Crippen molar-refractivity contribution in [2.24, 2.45) is 0 Å². The van der Waals surface area contributed by atoms with Crippen LogP contribution in [0.5, 0.6) is 0 Å². The van der Waals surface area contributed by atoms with Crippen LogP contribution in [-0.4, -0.2) is 62.3 Å². The van der Waals surface area contributed by atoms with E-state index in [0.717, 1.165) is 17.7 Å². The Morgan fingerprint density at radius 1 is 0.966 bits per heavy atom. The minimum Gasteiger partial charge on any atom is -0.452 e. The number of sulfonamides is 1. The van der Waals surface area contributed by atoms with Gasteiger partial charge in [0.25, 0.3) is 5.91 Å². The number of carbonyl (C=O) groups is 2. The molecule has 3 rings (SSSR count). The van der Waals surface area contributed by atoms with Gasteiger partial charge in [0.15, 0.2) is 6.61 Å². The van der Waals surface area contributed by atoms with E-state index in [0.29, 0.717) is 5.56 Å². The highest BCUT2D eigenvalue weighted by Gasteiger charge is 2.30. The van der Waals surface area contributed by atoms with Crippen molar-refractivity contribution >= 4 is 21.9 Å². The predicted octanol–water partition coefficient (Wildman–Crippen LogP) is 1.82. The normalized spacial score (nSPS) is 15.2. The van der Waals surface area contributed by atoms with Crippen molar-refractivity contribution in [1.82, 2.24) is 9.21 Å². The molecule has 2 aromatic carbocycles. The highest BCUT2D eigenvalue weighted by molar-refractivity contribution is 7.89. The largest absolute Gasteiger partial charge is 0.452 e. The van der Waals surface area contributed by atoms with Crippen molar-refractivity contribution in [2.45, 2.75) is 11.8 Å². The van der Waals surface area contributed by atoms with Gasteiger partial charge < -0.3 is 9.64 Å². The average Bonchev–Trinajstić information content (AvgIpc) is 2.72. The molecule has 0 unspecified atom stereocenters. The molecule has 0 spiro atoms. The van der Waals surface area contributed by atoms with Crippen molar-refractivity contribution in [3.05, 3.63) is 65.5 Å². The molecule has 0 bridgehead atoms. The fourth-order valence-electron chi connectivity index (χ4n) is 2.93. The van der Waals surface area contributed by atoms with E-state index in [1.165, 1.54) is 21.3 Å². The molecule has 1 saturated heterocycles. The van der Waals surface area contributed by atoms with Crippen LogP contribution in [0, 0.1) is 12.7 Å². The van der Waals surface area contributed by atoms with Crippen LogP contribution in [0.1, 0.15) is 15.9 Å². The van der Waals surface area contributed by atoms with Crippen molar-refractivity contribution in [1.29, 1.82) is 0 Å². The fraction of sp³-hybridized carbons (Fsp3) is 0.300. The Labute approximate surface area is 168 Å². The number of esters is 1. The number of rotatable bonds is 5. The number of hydrogen-bond acceptors (Lipinski definition) is 5. The lowest BCUT2D eigenvalue weighted by Gasteiger charge is -2.33. The monoisotopic (exact) mass is 420 g/mol. The van der Waals surface area contributed by atoms with Crippen LogP contribution in [0.25, 0.3) is 0 Å². The van der Waals surface area contributed by atoms with E-state index in [1.807, 2.05) is 6.92 Å². The molecule has 0 radical (unpaired) electrons. The summed E-state index contributed by atoms with van der Waals surface area (Å²) in [5, 5.41) is 0. The van der Waals surface area contributed by atoms with Crippen LogP contribution in [0.4, 0.5) is 4.39 Å². The molecule has 9 heteroatoms. The van der Waals surface area contributed by atoms with Gasteiger partial charge in [-0.2, -0.15) is 4.31 Å². The minimum atomic E-state index is -3.75. The Hall–Kier alpha value is -2.78. The first-order chi connectivity index (χ1) is 13.8. The van der Waals surface area contributed by atoms with Crippen LogP contribution in [0.2, 0.25) is 0 Å². The van der Waals surface area contributed by atoms with Gasteiger partial charge in [-0.15, -0.1) is 0 Å². The molecule has 1 fully saturated rings. The maximum Gasteiger partial charge on any atom is 0.338 e. The molecule has 29 heavy (non-hydrogen) atoms. The number of benzene rings is 2. The number of piperazine rings is 1.